The maximum atomic E-state index is 11.7. The summed E-state index contributed by atoms with van der Waals surface area (Å²) >= 11 is 0. The SMILES string of the molecule is COC(=O)/C=C1\OC(C=C(c2ccc(C)cc2)c2ccc(C)cc2)=CC1(C)C. The molecule has 0 aromatic heterocycles. The predicted octanol–water partition coefficient (Wildman–Crippen LogP) is 5.73. The average molecular weight is 374 g/mol. The largest absolute Gasteiger partial charge is 0.466 e. The van der Waals surface area contributed by atoms with E-state index in [1.54, 1.807) is 0 Å². The Labute approximate surface area is 167 Å². The van der Waals surface area contributed by atoms with E-state index in [-0.39, 0.29) is 5.41 Å². The Kier molecular flexibility index (Phi) is 5.55. The average Bonchev–Trinajstić information content (AvgIpc) is 2.94. The van der Waals surface area contributed by atoms with Gasteiger partial charge in [-0.1, -0.05) is 59.7 Å². The van der Waals surface area contributed by atoms with Gasteiger partial charge in [-0.3, -0.25) is 0 Å². The molecule has 0 bridgehead atoms. The van der Waals surface area contributed by atoms with Crippen LogP contribution in [0.4, 0.5) is 0 Å². The van der Waals surface area contributed by atoms with Gasteiger partial charge in [0.15, 0.2) is 0 Å². The third-order valence-electron chi connectivity index (χ3n) is 4.83. The number of benzene rings is 2. The summed E-state index contributed by atoms with van der Waals surface area (Å²) < 4.78 is 10.8. The van der Waals surface area contributed by atoms with E-state index in [0.29, 0.717) is 5.76 Å². The fourth-order valence-corrected chi connectivity index (χ4v) is 3.11. The number of ether oxygens (including phenoxy) is 2. The first-order valence-corrected chi connectivity index (χ1v) is 9.35. The lowest BCUT2D eigenvalue weighted by Gasteiger charge is -2.15. The van der Waals surface area contributed by atoms with E-state index in [0.717, 1.165) is 22.5 Å². The standard InChI is InChI=1S/C25H26O3/c1-17-6-10-19(11-7-17)22(20-12-8-18(2)9-13-20)14-21-16-25(3,4)23(28-21)15-24(26)27-5/h6-16H,1-5H3/b23-15-. The maximum absolute atomic E-state index is 11.7. The third-order valence-corrected chi connectivity index (χ3v) is 4.83. The molecule has 0 fully saturated rings. The Hall–Kier alpha value is -3.07. The molecule has 3 rings (SSSR count). The quantitative estimate of drug-likeness (QED) is 0.506. The number of hydrogen-bond donors (Lipinski definition) is 0. The number of hydrogen-bond acceptors (Lipinski definition) is 3. The van der Waals surface area contributed by atoms with Crippen molar-refractivity contribution in [3.63, 3.8) is 0 Å². The van der Waals surface area contributed by atoms with Crippen LogP contribution in [0.1, 0.15) is 36.1 Å². The molecule has 0 unspecified atom stereocenters. The van der Waals surface area contributed by atoms with E-state index in [9.17, 15) is 4.79 Å². The highest BCUT2D eigenvalue weighted by molar-refractivity contribution is 5.83. The first kappa shape index (κ1) is 19.7. The van der Waals surface area contributed by atoms with Crippen molar-refractivity contribution in [1.29, 1.82) is 0 Å². The van der Waals surface area contributed by atoms with E-state index < -0.39 is 5.97 Å². The second kappa shape index (κ2) is 7.89. The molecule has 0 saturated carbocycles. The third kappa shape index (κ3) is 4.42. The lowest BCUT2D eigenvalue weighted by Crippen LogP contribution is -2.10. The van der Waals surface area contributed by atoms with Crippen LogP contribution in [0.2, 0.25) is 0 Å². The summed E-state index contributed by atoms with van der Waals surface area (Å²) in [6, 6.07) is 16.9. The Morgan fingerprint density at radius 3 is 1.89 bits per heavy atom. The molecule has 2 aromatic carbocycles. The van der Waals surface area contributed by atoms with Crippen LogP contribution in [0.15, 0.2) is 78.3 Å². The van der Waals surface area contributed by atoms with Gasteiger partial charge in [-0.2, -0.15) is 0 Å². The summed E-state index contributed by atoms with van der Waals surface area (Å²) in [6.07, 6.45) is 5.48. The Morgan fingerprint density at radius 1 is 0.929 bits per heavy atom. The number of carbonyl (C=O) groups excluding carboxylic acids is 1. The molecule has 0 saturated heterocycles. The molecule has 3 heteroatoms. The van der Waals surface area contributed by atoms with Crippen LogP contribution in [0.5, 0.6) is 0 Å². The minimum absolute atomic E-state index is 0.383. The lowest BCUT2D eigenvalue weighted by atomic mass is 9.91. The predicted molar refractivity (Wildman–Crippen MR) is 112 cm³/mol. The number of esters is 1. The van der Waals surface area contributed by atoms with Crippen molar-refractivity contribution in [3.05, 3.63) is 101 Å². The Balaban J connectivity index is 2.04. The van der Waals surface area contributed by atoms with Gasteiger partial charge in [0, 0.05) is 5.41 Å². The first-order chi connectivity index (χ1) is 13.3. The highest BCUT2D eigenvalue weighted by Gasteiger charge is 2.31. The first-order valence-electron chi connectivity index (χ1n) is 9.35. The van der Waals surface area contributed by atoms with E-state index in [4.69, 9.17) is 9.47 Å². The molecular formula is C25H26O3. The van der Waals surface area contributed by atoms with Crippen LogP contribution in [0, 0.1) is 19.3 Å². The molecule has 28 heavy (non-hydrogen) atoms. The normalized spacial score (nSPS) is 16.3. The Morgan fingerprint density at radius 2 is 1.43 bits per heavy atom. The van der Waals surface area contributed by atoms with Gasteiger partial charge in [-0.25, -0.2) is 4.79 Å². The van der Waals surface area contributed by atoms with E-state index in [1.165, 1.54) is 24.3 Å². The summed E-state index contributed by atoms with van der Waals surface area (Å²) in [6.45, 7) is 8.18. The summed E-state index contributed by atoms with van der Waals surface area (Å²) in [5, 5.41) is 0. The van der Waals surface area contributed by atoms with Crippen molar-refractivity contribution >= 4 is 11.5 Å². The van der Waals surface area contributed by atoms with Gasteiger partial charge in [0.2, 0.25) is 0 Å². The van der Waals surface area contributed by atoms with Crippen molar-refractivity contribution in [2.24, 2.45) is 5.41 Å². The molecule has 3 nitrogen and oxygen atoms in total. The fraction of sp³-hybridized carbons (Fsp3) is 0.240. The smallest absolute Gasteiger partial charge is 0.333 e. The van der Waals surface area contributed by atoms with Gasteiger partial charge in [-0.05, 0) is 56.5 Å². The summed E-state index contributed by atoms with van der Waals surface area (Å²) in [7, 11) is 1.36. The molecule has 0 aliphatic carbocycles. The van der Waals surface area contributed by atoms with Crippen LogP contribution < -0.4 is 0 Å². The topological polar surface area (TPSA) is 35.5 Å². The monoisotopic (exact) mass is 374 g/mol. The molecule has 1 aliphatic rings. The van der Waals surface area contributed by atoms with Gasteiger partial charge in [-0.15, -0.1) is 0 Å². The Bertz CT molecular complexity index is 908. The highest BCUT2D eigenvalue weighted by atomic mass is 16.5. The lowest BCUT2D eigenvalue weighted by molar-refractivity contribution is -0.135. The zero-order valence-corrected chi connectivity index (χ0v) is 17.1. The minimum Gasteiger partial charge on any atom is -0.466 e. The van der Waals surface area contributed by atoms with E-state index in [2.05, 4.69) is 62.4 Å². The fourth-order valence-electron chi connectivity index (χ4n) is 3.11. The molecule has 0 amide bonds. The number of rotatable bonds is 4. The molecular weight excluding hydrogens is 348 g/mol. The summed E-state index contributed by atoms with van der Waals surface area (Å²) in [4.78, 5) is 11.7. The van der Waals surface area contributed by atoms with E-state index >= 15 is 0 Å². The van der Waals surface area contributed by atoms with Crippen molar-refractivity contribution < 1.29 is 14.3 Å². The van der Waals surface area contributed by atoms with E-state index in [1.807, 2.05) is 26.0 Å². The van der Waals surface area contributed by atoms with Gasteiger partial charge < -0.3 is 9.47 Å². The molecule has 0 atom stereocenters. The molecule has 0 N–H and O–H groups in total. The number of carbonyl (C=O) groups is 1. The number of aryl methyl sites for hydroxylation is 2. The summed E-state index contributed by atoms with van der Waals surface area (Å²) in [5.41, 5.74) is 5.34. The van der Waals surface area contributed by atoms with Crippen molar-refractivity contribution in [2.75, 3.05) is 7.11 Å². The van der Waals surface area contributed by atoms with Crippen LogP contribution in [-0.4, -0.2) is 13.1 Å². The molecule has 2 aromatic rings. The maximum Gasteiger partial charge on any atom is 0.333 e. The van der Waals surface area contributed by atoms with Crippen LogP contribution >= 0.6 is 0 Å². The molecule has 1 aliphatic heterocycles. The number of methoxy groups -OCH3 is 1. The highest BCUT2D eigenvalue weighted by Crippen LogP contribution is 2.40. The van der Waals surface area contributed by atoms with Gasteiger partial charge in [0.05, 0.1) is 13.2 Å². The van der Waals surface area contributed by atoms with Gasteiger partial charge in [0.1, 0.15) is 11.5 Å². The van der Waals surface area contributed by atoms with Crippen molar-refractivity contribution in [1.82, 2.24) is 0 Å². The van der Waals surface area contributed by atoms with Crippen LogP contribution in [-0.2, 0) is 14.3 Å². The molecule has 0 spiro atoms. The molecule has 1 heterocycles. The molecule has 0 radical (unpaired) electrons. The minimum atomic E-state index is -0.418. The van der Waals surface area contributed by atoms with Crippen molar-refractivity contribution in [2.45, 2.75) is 27.7 Å². The zero-order chi connectivity index (χ0) is 20.3. The van der Waals surface area contributed by atoms with Gasteiger partial charge in [0.25, 0.3) is 0 Å². The van der Waals surface area contributed by atoms with Crippen molar-refractivity contribution in [3.8, 4) is 0 Å². The van der Waals surface area contributed by atoms with Crippen LogP contribution in [0.3, 0.4) is 0 Å². The zero-order valence-electron chi connectivity index (χ0n) is 17.1. The second-order valence-electron chi connectivity index (χ2n) is 7.69. The van der Waals surface area contributed by atoms with Gasteiger partial charge >= 0.3 is 5.97 Å². The van der Waals surface area contributed by atoms with Crippen LogP contribution in [0.25, 0.3) is 5.57 Å². The number of allylic oxidation sites excluding steroid dienone is 2. The summed E-state index contributed by atoms with van der Waals surface area (Å²) in [5.74, 6) is 0.882. The molecule has 144 valence electrons. The second-order valence-corrected chi connectivity index (χ2v) is 7.69.